The van der Waals surface area contributed by atoms with E-state index in [1.165, 1.54) is 7.11 Å². The van der Waals surface area contributed by atoms with Gasteiger partial charge in [0, 0.05) is 10.8 Å². The lowest BCUT2D eigenvalue weighted by molar-refractivity contribution is 0.414. The number of thiocarbonyl (C=S) groups is 1. The van der Waals surface area contributed by atoms with Crippen LogP contribution in [0.5, 0.6) is 5.75 Å². The number of nitrogens with two attached hydrogens (primary N) is 1. The Kier molecular flexibility index (Phi) is 5.67. The molecule has 1 aliphatic carbocycles. The van der Waals surface area contributed by atoms with Crippen molar-refractivity contribution in [1.29, 1.82) is 0 Å². The van der Waals surface area contributed by atoms with Crippen molar-refractivity contribution in [3.05, 3.63) is 76.3 Å². The van der Waals surface area contributed by atoms with Crippen molar-refractivity contribution >= 4 is 44.3 Å². The average Bonchev–Trinajstić information content (AvgIpc) is 2.60. The number of hydrogen-bond acceptors (Lipinski definition) is 4. The first-order chi connectivity index (χ1) is 13.1. The molecule has 0 aliphatic heterocycles. The Balaban J connectivity index is 1.95. The predicted molar refractivity (Wildman–Crippen MR) is 108 cm³/mol. The van der Waals surface area contributed by atoms with Crippen LogP contribution in [-0.2, 0) is 10.0 Å². The van der Waals surface area contributed by atoms with E-state index in [-0.39, 0.29) is 11.5 Å². The summed E-state index contributed by atoms with van der Waals surface area (Å²) < 4.78 is 56.1. The Bertz CT molecular complexity index is 1120. The van der Waals surface area contributed by atoms with E-state index in [1.54, 1.807) is 30.4 Å². The van der Waals surface area contributed by atoms with Crippen LogP contribution in [0.25, 0.3) is 5.57 Å². The highest BCUT2D eigenvalue weighted by atomic mass is 35.5. The van der Waals surface area contributed by atoms with Crippen molar-refractivity contribution in [3.63, 3.8) is 0 Å². The molecule has 0 saturated heterocycles. The third kappa shape index (κ3) is 4.00. The summed E-state index contributed by atoms with van der Waals surface area (Å²) >= 11 is 11.5. The summed E-state index contributed by atoms with van der Waals surface area (Å²) in [7, 11) is -3.01. The second-order valence-electron chi connectivity index (χ2n) is 6.05. The lowest BCUT2D eigenvalue weighted by atomic mass is 9.88. The highest BCUT2D eigenvalue weighted by Gasteiger charge is 2.23. The first kappa shape index (κ1) is 20.6. The van der Waals surface area contributed by atoms with Gasteiger partial charge in [0.15, 0.2) is 4.90 Å². The van der Waals surface area contributed by atoms with Crippen LogP contribution in [-0.4, -0.2) is 20.4 Å². The van der Waals surface area contributed by atoms with Crippen molar-refractivity contribution in [3.8, 4) is 5.75 Å². The molecule has 1 aliphatic rings. The number of rotatable bonds is 4. The molecule has 0 radical (unpaired) electrons. The van der Waals surface area contributed by atoms with Gasteiger partial charge in [0.2, 0.25) is 10.0 Å². The van der Waals surface area contributed by atoms with Crippen LogP contribution in [0.4, 0.5) is 8.78 Å². The van der Waals surface area contributed by atoms with Gasteiger partial charge in [-0.05, 0) is 47.0 Å². The molecule has 28 heavy (non-hydrogen) atoms. The lowest BCUT2D eigenvalue weighted by Gasteiger charge is -2.19. The maximum absolute atomic E-state index is 14.1. The molecule has 146 valence electrons. The molecule has 9 heteroatoms. The molecule has 3 rings (SSSR count). The minimum absolute atomic E-state index is 0.146. The lowest BCUT2D eigenvalue weighted by Crippen LogP contribution is -2.16. The molecule has 1 atom stereocenters. The third-order valence-electron chi connectivity index (χ3n) is 4.22. The van der Waals surface area contributed by atoms with E-state index in [1.807, 2.05) is 6.07 Å². The Morgan fingerprint density at radius 1 is 1.18 bits per heavy atom. The second-order valence-corrected chi connectivity index (χ2v) is 8.42. The van der Waals surface area contributed by atoms with Crippen LogP contribution in [0.2, 0.25) is 5.02 Å². The monoisotopic (exact) mass is 441 g/mol. The molecule has 4 nitrogen and oxygen atoms in total. The van der Waals surface area contributed by atoms with E-state index in [9.17, 15) is 17.2 Å². The van der Waals surface area contributed by atoms with Gasteiger partial charge >= 0.3 is 0 Å². The maximum Gasteiger partial charge on any atom is 0.243 e. The van der Waals surface area contributed by atoms with Crippen molar-refractivity contribution < 1.29 is 21.9 Å². The van der Waals surface area contributed by atoms with Gasteiger partial charge in [0.05, 0.1) is 12.1 Å². The maximum atomic E-state index is 14.1. The summed E-state index contributed by atoms with van der Waals surface area (Å²) in [5.74, 6) is -2.26. The van der Waals surface area contributed by atoms with E-state index in [4.69, 9.17) is 33.7 Å². The first-order valence-electron chi connectivity index (χ1n) is 7.91. The molecule has 2 aromatic carbocycles. The van der Waals surface area contributed by atoms with Crippen LogP contribution >= 0.6 is 23.8 Å². The van der Waals surface area contributed by atoms with Crippen molar-refractivity contribution in [2.45, 2.75) is 10.8 Å². The zero-order chi connectivity index (χ0) is 20.6. The highest BCUT2D eigenvalue weighted by Crippen LogP contribution is 2.34. The van der Waals surface area contributed by atoms with Crippen LogP contribution < -0.4 is 9.88 Å². The molecule has 0 bridgehead atoms. The van der Waals surface area contributed by atoms with Gasteiger partial charge in [0.25, 0.3) is 0 Å². The van der Waals surface area contributed by atoms with E-state index >= 15 is 0 Å². The van der Waals surface area contributed by atoms with Gasteiger partial charge < -0.3 is 4.74 Å². The SMILES string of the molecule is COc1cc(C2C=CC(c3cc(F)c(S(N)(=O)=O)c(F)c3)=CC2=S)ccc1Cl. The van der Waals surface area contributed by atoms with Crippen molar-refractivity contribution in [2.24, 2.45) is 5.14 Å². The quantitative estimate of drug-likeness (QED) is 0.715. The van der Waals surface area contributed by atoms with Gasteiger partial charge in [-0.15, -0.1) is 0 Å². The molecular weight excluding hydrogens is 428 g/mol. The fourth-order valence-electron chi connectivity index (χ4n) is 2.91. The fourth-order valence-corrected chi connectivity index (χ4v) is 4.11. The zero-order valence-corrected chi connectivity index (χ0v) is 16.8. The van der Waals surface area contributed by atoms with Crippen molar-refractivity contribution in [1.82, 2.24) is 0 Å². The van der Waals surface area contributed by atoms with Gasteiger partial charge in [-0.25, -0.2) is 22.3 Å². The smallest absolute Gasteiger partial charge is 0.243 e. The Labute approximate surface area is 171 Å². The van der Waals surface area contributed by atoms with E-state index < -0.39 is 26.6 Å². The van der Waals surface area contributed by atoms with Crippen LogP contribution in [0, 0.1) is 11.6 Å². The molecular formula is C19H14ClF2NO3S2. The first-order valence-corrected chi connectivity index (χ1v) is 10.2. The number of allylic oxidation sites excluding steroid dienone is 4. The van der Waals surface area contributed by atoms with E-state index in [2.05, 4.69) is 0 Å². The summed E-state index contributed by atoms with van der Waals surface area (Å²) in [6.07, 6.45) is 5.04. The van der Waals surface area contributed by atoms with E-state index in [0.29, 0.717) is 21.2 Å². The fraction of sp³-hybridized carbons (Fsp3) is 0.105. The minimum atomic E-state index is -4.51. The summed E-state index contributed by atoms with van der Waals surface area (Å²) in [5.41, 5.74) is 1.44. The molecule has 2 N–H and O–H groups in total. The molecule has 0 aromatic heterocycles. The Morgan fingerprint density at radius 2 is 1.82 bits per heavy atom. The molecule has 2 aromatic rings. The van der Waals surface area contributed by atoms with E-state index in [0.717, 1.165) is 17.7 Å². The van der Waals surface area contributed by atoms with Crippen LogP contribution in [0.3, 0.4) is 0 Å². The number of halogens is 3. The average molecular weight is 442 g/mol. The van der Waals surface area contributed by atoms with Gasteiger partial charge in [-0.1, -0.05) is 42.0 Å². The Hall–Kier alpha value is -2.13. The normalized spacial score (nSPS) is 16.8. The number of primary sulfonamides is 1. The number of ether oxygens (including phenoxy) is 1. The topological polar surface area (TPSA) is 69.4 Å². The summed E-state index contributed by atoms with van der Waals surface area (Å²) in [4.78, 5) is -0.649. The summed E-state index contributed by atoms with van der Waals surface area (Å²) in [6.45, 7) is 0. The molecule has 0 amide bonds. The molecule has 0 spiro atoms. The highest BCUT2D eigenvalue weighted by molar-refractivity contribution is 7.89. The number of sulfonamides is 1. The Morgan fingerprint density at radius 3 is 2.36 bits per heavy atom. The second kappa shape index (κ2) is 7.71. The third-order valence-corrected chi connectivity index (χ3v) is 5.87. The van der Waals surface area contributed by atoms with Gasteiger partial charge in [0.1, 0.15) is 17.4 Å². The van der Waals surface area contributed by atoms with Gasteiger partial charge in [-0.3, -0.25) is 0 Å². The standard InChI is InChI=1S/C19H14ClF2NO3S2/c1-26-17-8-11(3-5-14(17)20)13-4-2-10(9-18(13)27)12-6-15(21)19(16(22)7-12)28(23,24)25/h2-9,13H,1H3,(H2,23,24,25). The van der Waals surface area contributed by atoms with Crippen LogP contribution in [0.1, 0.15) is 17.0 Å². The van der Waals surface area contributed by atoms with Gasteiger partial charge in [-0.2, -0.15) is 0 Å². The van der Waals surface area contributed by atoms with Crippen LogP contribution in [0.15, 0.2) is 53.5 Å². The van der Waals surface area contributed by atoms with Crippen molar-refractivity contribution in [2.75, 3.05) is 7.11 Å². The molecule has 0 saturated carbocycles. The summed E-state index contributed by atoms with van der Waals surface area (Å²) in [6, 6.07) is 7.09. The minimum Gasteiger partial charge on any atom is -0.495 e. The molecule has 0 heterocycles. The zero-order valence-electron chi connectivity index (χ0n) is 14.4. The largest absolute Gasteiger partial charge is 0.495 e. The number of hydrogen-bond donors (Lipinski definition) is 1. The molecule has 1 unspecified atom stereocenters. The molecule has 0 fully saturated rings. The number of methoxy groups -OCH3 is 1. The summed E-state index contributed by atoms with van der Waals surface area (Å²) in [5, 5.41) is 5.32. The number of benzene rings is 2. The predicted octanol–water partition coefficient (Wildman–Crippen LogP) is 4.38.